The first-order chi connectivity index (χ1) is 18.3. The molecule has 39 heavy (non-hydrogen) atoms. The number of ether oxygens (including phenoxy) is 1. The number of carbonyl (C=O) groups is 2. The quantitative estimate of drug-likeness (QED) is 0.350. The van der Waals surface area contributed by atoms with Gasteiger partial charge in [-0.3, -0.25) is 9.59 Å². The van der Waals surface area contributed by atoms with Gasteiger partial charge in [-0.15, -0.1) is 11.3 Å². The van der Waals surface area contributed by atoms with Crippen molar-refractivity contribution in [1.29, 1.82) is 0 Å². The lowest BCUT2D eigenvalue weighted by molar-refractivity contribution is -0.126. The van der Waals surface area contributed by atoms with Crippen LogP contribution in [0.1, 0.15) is 113 Å². The first kappa shape index (κ1) is 29.7. The molecule has 7 heteroatoms. The van der Waals surface area contributed by atoms with E-state index in [0.29, 0.717) is 17.5 Å². The third kappa shape index (κ3) is 7.69. The fraction of sp³-hybridized carbons (Fsp3) is 0.656. The number of rotatable bonds is 10. The Kier molecular flexibility index (Phi) is 8.92. The molecule has 1 heterocycles. The first-order valence-electron chi connectivity index (χ1n) is 14.5. The number of hydrogen-bond donors (Lipinski definition) is 2. The van der Waals surface area contributed by atoms with Crippen LogP contribution in [0.15, 0.2) is 18.2 Å². The van der Waals surface area contributed by atoms with E-state index in [1.807, 2.05) is 13.8 Å². The molecule has 0 aliphatic heterocycles. The van der Waals surface area contributed by atoms with Crippen LogP contribution >= 0.6 is 11.3 Å². The second kappa shape index (κ2) is 11.7. The zero-order valence-corrected chi connectivity index (χ0v) is 25.8. The highest BCUT2D eigenvalue weighted by Gasteiger charge is 2.40. The van der Waals surface area contributed by atoms with E-state index in [4.69, 9.17) is 9.72 Å². The Morgan fingerprint density at radius 1 is 1.08 bits per heavy atom. The minimum Gasteiger partial charge on any atom is -0.375 e. The van der Waals surface area contributed by atoms with Gasteiger partial charge in [0, 0.05) is 13.7 Å². The predicted octanol–water partition coefficient (Wildman–Crippen LogP) is 6.55. The van der Waals surface area contributed by atoms with Crippen LogP contribution in [-0.4, -0.2) is 42.6 Å². The Bertz CT molecular complexity index is 1160. The smallest absolute Gasteiger partial charge is 0.280 e. The van der Waals surface area contributed by atoms with Gasteiger partial charge in [-0.05, 0) is 78.7 Å². The molecule has 1 aromatic heterocycles. The molecule has 0 spiro atoms. The minimum atomic E-state index is -0.605. The summed E-state index contributed by atoms with van der Waals surface area (Å²) in [5, 5.41) is 6.42. The molecule has 2 amide bonds. The number of thiazole rings is 1. The average molecular weight is 554 g/mol. The van der Waals surface area contributed by atoms with Gasteiger partial charge in [0.25, 0.3) is 5.91 Å². The summed E-state index contributed by atoms with van der Waals surface area (Å²) in [5.41, 5.74) is 4.67. The fourth-order valence-corrected chi connectivity index (χ4v) is 6.46. The molecule has 2 aliphatic carbocycles. The van der Waals surface area contributed by atoms with E-state index in [-0.39, 0.29) is 29.3 Å². The number of amides is 2. The van der Waals surface area contributed by atoms with Crippen molar-refractivity contribution >= 4 is 23.2 Å². The highest BCUT2D eigenvalue weighted by Crippen LogP contribution is 2.50. The van der Waals surface area contributed by atoms with E-state index in [1.54, 1.807) is 0 Å². The van der Waals surface area contributed by atoms with Crippen LogP contribution in [-0.2, 0) is 26.8 Å². The maximum absolute atomic E-state index is 13.4. The zero-order chi connectivity index (χ0) is 28.4. The topological polar surface area (TPSA) is 80.3 Å². The Hall–Kier alpha value is -2.25. The van der Waals surface area contributed by atoms with Crippen molar-refractivity contribution in [2.45, 2.75) is 109 Å². The molecule has 2 N–H and O–H groups in total. The highest BCUT2D eigenvalue weighted by atomic mass is 32.1. The van der Waals surface area contributed by atoms with E-state index < -0.39 is 5.54 Å². The largest absolute Gasteiger partial charge is 0.375 e. The second-order valence-corrected chi connectivity index (χ2v) is 14.7. The van der Waals surface area contributed by atoms with E-state index in [2.05, 4.69) is 56.5 Å². The lowest BCUT2D eigenvalue weighted by Gasteiger charge is -2.26. The van der Waals surface area contributed by atoms with Gasteiger partial charge in [-0.25, -0.2) is 4.98 Å². The molecule has 2 saturated carbocycles. The third-order valence-corrected chi connectivity index (χ3v) is 9.45. The SMILES string of the molecule is COCC(=O)NC(C)(C)CNC(=O)c1nc(CC2CCCCC2)c(-c2cc(C(C)(C)C)cc(C3(C)CC3)c2)s1. The molecule has 2 aliphatic rings. The maximum Gasteiger partial charge on any atom is 0.280 e. The summed E-state index contributed by atoms with van der Waals surface area (Å²) in [6, 6.07) is 7.07. The summed E-state index contributed by atoms with van der Waals surface area (Å²) in [4.78, 5) is 31.5. The molecule has 0 bridgehead atoms. The van der Waals surface area contributed by atoms with Gasteiger partial charge in [0.05, 0.1) is 16.1 Å². The molecule has 0 atom stereocenters. The Morgan fingerprint density at radius 2 is 1.77 bits per heavy atom. The van der Waals surface area contributed by atoms with E-state index in [9.17, 15) is 9.59 Å². The standard InChI is InChI=1S/C32H47N3O3S/c1-30(2,3)23-16-22(17-24(18-23)32(6)13-14-32)27-25(15-21-11-9-8-10-12-21)34-29(39-27)28(37)33-20-31(4,5)35-26(36)19-38-7/h16-18,21H,8-15,19-20H2,1-7H3,(H,33,37)(H,35,36). The van der Waals surface area contributed by atoms with Crippen LogP contribution < -0.4 is 10.6 Å². The molecule has 1 aromatic carbocycles. The van der Waals surface area contributed by atoms with Crippen molar-refractivity contribution < 1.29 is 14.3 Å². The van der Waals surface area contributed by atoms with Gasteiger partial charge in [-0.2, -0.15) is 0 Å². The van der Waals surface area contributed by atoms with Crippen molar-refractivity contribution in [1.82, 2.24) is 15.6 Å². The van der Waals surface area contributed by atoms with Gasteiger partial charge >= 0.3 is 0 Å². The number of methoxy groups -OCH3 is 1. The molecule has 0 unspecified atom stereocenters. The van der Waals surface area contributed by atoms with E-state index >= 15 is 0 Å². The normalized spacial score (nSPS) is 17.6. The Labute approximate surface area is 238 Å². The number of aromatic nitrogens is 1. The Morgan fingerprint density at radius 3 is 2.38 bits per heavy atom. The Balaban J connectivity index is 1.64. The van der Waals surface area contributed by atoms with Crippen LogP contribution in [0, 0.1) is 5.92 Å². The van der Waals surface area contributed by atoms with Gasteiger partial charge in [0.15, 0.2) is 5.01 Å². The van der Waals surface area contributed by atoms with Crippen molar-refractivity contribution in [3.05, 3.63) is 40.0 Å². The van der Waals surface area contributed by atoms with Crippen LogP contribution in [0.4, 0.5) is 0 Å². The van der Waals surface area contributed by atoms with Crippen LogP contribution in [0.5, 0.6) is 0 Å². The van der Waals surface area contributed by atoms with Crippen molar-refractivity contribution in [3.8, 4) is 10.4 Å². The van der Waals surface area contributed by atoms with Gasteiger partial charge in [-0.1, -0.05) is 65.9 Å². The highest BCUT2D eigenvalue weighted by molar-refractivity contribution is 7.17. The third-order valence-electron chi connectivity index (χ3n) is 8.30. The fourth-order valence-electron chi connectivity index (χ4n) is 5.46. The van der Waals surface area contributed by atoms with Crippen molar-refractivity contribution in [2.75, 3.05) is 20.3 Å². The van der Waals surface area contributed by atoms with Crippen LogP contribution in [0.2, 0.25) is 0 Å². The average Bonchev–Trinajstić information content (AvgIpc) is 3.49. The summed E-state index contributed by atoms with van der Waals surface area (Å²) >= 11 is 1.51. The monoisotopic (exact) mass is 553 g/mol. The predicted molar refractivity (Wildman–Crippen MR) is 160 cm³/mol. The number of nitrogens with one attached hydrogen (secondary N) is 2. The van der Waals surface area contributed by atoms with E-state index in [1.165, 1.54) is 80.1 Å². The zero-order valence-electron chi connectivity index (χ0n) is 25.0. The molecule has 2 aromatic rings. The molecular formula is C32H47N3O3S. The number of benzene rings is 1. The molecule has 6 nitrogen and oxygen atoms in total. The number of carbonyl (C=O) groups excluding carboxylic acids is 2. The van der Waals surface area contributed by atoms with Crippen LogP contribution in [0.3, 0.4) is 0 Å². The molecule has 0 radical (unpaired) electrons. The number of hydrogen-bond acceptors (Lipinski definition) is 5. The minimum absolute atomic E-state index is 0.00753. The van der Waals surface area contributed by atoms with Crippen molar-refractivity contribution in [2.24, 2.45) is 5.92 Å². The summed E-state index contributed by atoms with van der Waals surface area (Å²) in [5.74, 6) is 0.227. The maximum atomic E-state index is 13.4. The van der Waals surface area contributed by atoms with Gasteiger partial charge < -0.3 is 15.4 Å². The van der Waals surface area contributed by atoms with E-state index in [0.717, 1.165) is 17.0 Å². The summed E-state index contributed by atoms with van der Waals surface area (Å²) < 4.78 is 4.92. The summed E-state index contributed by atoms with van der Waals surface area (Å²) in [6.45, 7) is 13.2. The summed E-state index contributed by atoms with van der Waals surface area (Å²) in [6.07, 6.45) is 9.72. The molecular weight excluding hydrogens is 506 g/mol. The van der Waals surface area contributed by atoms with Crippen LogP contribution in [0.25, 0.3) is 10.4 Å². The lowest BCUT2D eigenvalue weighted by atomic mass is 9.82. The lowest BCUT2D eigenvalue weighted by Crippen LogP contribution is -2.52. The second-order valence-electron chi connectivity index (χ2n) is 13.7. The number of nitrogens with zero attached hydrogens (tertiary/aromatic N) is 1. The van der Waals surface area contributed by atoms with Crippen molar-refractivity contribution in [3.63, 3.8) is 0 Å². The molecule has 2 fully saturated rings. The molecule has 4 rings (SSSR count). The molecule has 0 saturated heterocycles. The van der Waals surface area contributed by atoms with Gasteiger partial charge in [0.2, 0.25) is 5.91 Å². The first-order valence-corrected chi connectivity index (χ1v) is 15.4. The molecule has 214 valence electrons. The van der Waals surface area contributed by atoms with Gasteiger partial charge in [0.1, 0.15) is 6.61 Å². The summed E-state index contributed by atoms with van der Waals surface area (Å²) in [7, 11) is 1.49.